The highest BCUT2D eigenvalue weighted by atomic mass is 79.9. The van der Waals surface area contributed by atoms with E-state index < -0.39 is 0 Å². The summed E-state index contributed by atoms with van der Waals surface area (Å²) in [5, 5.41) is 0. The molecule has 2 rings (SSSR count). The summed E-state index contributed by atoms with van der Waals surface area (Å²) in [5.41, 5.74) is 2.97. The molecule has 0 N–H and O–H groups in total. The third kappa shape index (κ3) is 4.34. The van der Waals surface area contributed by atoms with Gasteiger partial charge >= 0.3 is 0 Å². The number of aryl methyl sites for hydroxylation is 1. The average molecular weight is 323 g/mol. The summed E-state index contributed by atoms with van der Waals surface area (Å²) >= 11 is 3.92. The van der Waals surface area contributed by atoms with Gasteiger partial charge in [0.2, 0.25) is 0 Å². The van der Waals surface area contributed by atoms with E-state index in [2.05, 4.69) is 54.0 Å². The molecule has 1 fully saturated rings. The molecule has 0 nitrogen and oxygen atoms in total. The molecular formula is C18H27Br. The van der Waals surface area contributed by atoms with E-state index in [4.69, 9.17) is 0 Å². The van der Waals surface area contributed by atoms with Crippen molar-refractivity contribution in [2.24, 2.45) is 11.8 Å². The summed E-state index contributed by atoms with van der Waals surface area (Å²) in [6.45, 7) is 4.54. The molecule has 0 bridgehead atoms. The van der Waals surface area contributed by atoms with Crippen LogP contribution in [0.15, 0.2) is 24.3 Å². The molecule has 0 amide bonds. The van der Waals surface area contributed by atoms with E-state index in [9.17, 15) is 0 Å². The van der Waals surface area contributed by atoms with E-state index in [0.717, 1.165) is 23.1 Å². The van der Waals surface area contributed by atoms with Crippen molar-refractivity contribution in [2.45, 2.75) is 63.6 Å². The van der Waals surface area contributed by atoms with E-state index in [1.54, 1.807) is 0 Å². The normalized spacial score (nSPS) is 27.4. The van der Waals surface area contributed by atoms with Crippen molar-refractivity contribution in [1.29, 1.82) is 0 Å². The van der Waals surface area contributed by atoms with Crippen molar-refractivity contribution in [2.75, 3.05) is 0 Å². The fraction of sp³-hybridized carbons (Fsp3) is 0.667. The Morgan fingerprint density at radius 2 is 1.74 bits per heavy atom. The van der Waals surface area contributed by atoms with Crippen LogP contribution in [0.3, 0.4) is 0 Å². The lowest BCUT2D eigenvalue weighted by Gasteiger charge is -2.33. The maximum Gasteiger partial charge on any atom is 0.0177 e. The molecule has 1 aliphatic rings. The molecule has 0 saturated heterocycles. The molecule has 1 aromatic carbocycles. The van der Waals surface area contributed by atoms with Crippen LogP contribution in [0.1, 0.15) is 57.1 Å². The van der Waals surface area contributed by atoms with E-state index in [0.29, 0.717) is 0 Å². The van der Waals surface area contributed by atoms with Gasteiger partial charge in [-0.2, -0.15) is 0 Å². The van der Waals surface area contributed by atoms with E-state index >= 15 is 0 Å². The molecule has 3 atom stereocenters. The van der Waals surface area contributed by atoms with Crippen LogP contribution in [-0.4, -0.2) is 4.83 Å². The van der Waals surface area contributed by atoms with Gasteiger partial charge in [-0.15, -0.1) is 0 Å². The molecular weight excluding hydrogens is 296 g/mol. The van der Waals surface area contributed by atoms with Crippen LogP contribution in [0, 0.1) is 11.8 Å². The second-order valence-electron chi connectivity index (χ2n) is 6.12. The highest BCUT2D eigenvalue weighted by molar-refractivity contribution is 9.09. The maximum atomic E-state index is 3.92. The van der Waals surface area contributed by atoms with Gasteiger partial charge in [0, 0.05) is 4.83 Å². The van der Waals surface area contributed by atoms with Crippen LogP contribution in [-0.2, 0) is 12.8 Å². The molecule has 0 radical (unpaired) electrons. The summed E-state index contributed by atoms with van der Waals surface area (Å²) in [4.78, 5) is 0.728. The highest BCUT2D eigenvalue weighted by Crippen LogP contribution is 2.37. The monoisotopic (exact) mass is 322 g/mol. The Morgan fingerprint density at radius 1 is 1.05 bits per heavy atom. The number of rotatable bonds is 5. The molecule has 0 spiro atoms. The van der Waals surface area contributed by atoms with Crippen LogP contribution >= 0.6 is 15.9 Å². The van der Waals surface area contributed by atoms with Crippen LogP contribution in [0.2, 0.25) is 0 Å². The summed E-state index contributed by atoms with van der Waals surface area (Å²) in [7, 11) is 0. The largest absolute Gasteiger partial charge is 0.0888 e. The minimum absolute atomic E-state index is 0.728. The molecule has 1 heteroatoms. The zero-order chi connectivity index (χ0) is 13.7. The van der Waals surface area contributed by atoms with Crippen molar-refractivity contribution in [1.82, 2.24) is 0 Å². The zero-order valence-electron chi connectivity index (χ0n) is 12.4. The maximum absolute atomic E-state index is 3.92. The molecule has 1 aliphatic carbocycles. The number of benzene rings is 1. The predicted octanol–water partition coefficient (Wildman–Crippen LogP) is 5.77. The number of alkyl halides is 1. The standard InChI is InChI=1S/C18H27Br/c1-3-5-15-10-11-18(19)17(12-15)13-16-8-6-14(4-2)7-9-16/h6-9,15,17-18H,3-5,10-13H2,1-2H3. The van der Waals surface area contributed by atoms with E-state index in [1.807, 2.05) is 0 Å². The SMILES string of the molecule is CCCC1CCC(Br)C(Cc2ccc(CC)cc2)C1. The van der Waals surface area contributed by atoms with Gasteiger partial charge < -0.3 is 0 Å². The van der Waals surface area contributed by atoms with Gasteiger partial charge in [-0.05, 0) is 55.1 Å². The Balaban J connectivity index is 1.95. The fourth-order valence-corrected chi connectivity index (χ4v) is 4.09. The Labute approximate surface area is 127 Å². The Hall–Kier alpha value is -0.300. The van der Waals surface area contributed by atoms with Gasteiger partial charge in [0.05, 0.1) is 0 Å². The first kappa shape index (κ1) is 15.1. The summed E-state index contributed by atoms with van der Waals surface area (Å²) in [6.07, 6.45) is 9.36. The van der Waals surface area contributed by atoms with Crippen molar-refractivity contribution in [3.8, 4) is 0 Å². The Morgan fingerprint density at radius 3 is 2.37 bits per heavy atom. The first-order valence-corrected chi connectivity index (χ1v) is 8.86. The number of halogens is 1. The van der Waals surface area contributed by atoms with Gasteiger partial charge in [0.15, 0.2) is 0 Å². The van der Waals surface area contributed by atoms with Crippen molar-refractivity contribution < 1.29 is 0 Å². The Kier molecular flexibility index (Phi) is 5.94. The number of hydrogen-bond acceptors (Lipinski definition) is 0. The highest BCUT2D eigenvalue weighted by Gasteiger charge is 2.28. The van der Waals surface area contributed by atoms with Crippen LogP contribution in [0.25, 0.3) is 0 Å². The van der Waals surface area contributed by atoms with Gasteiger partial charge in [-0.3, -0.25) is 0 Å². The second-order valence-corrected chi connectivity index (χ2v) is 7.29. The predicted molar refractivity (Wildman–Crippen MR) is 88.0 cm³/mol. The minimum atomic E-state index is 0.728. The minimum Gasteiger partial charge on any atom is -0.0888 e. The molecule has 1 saturated carbocycles. The zero-order valence-corrected chi connectivity index (χ0v) is 14.0. The average Bonchev–Trinajstić information content (AvgIpc) is 2.44. The third-order valence-corrected chi connectivity index (χ3v) is 5.83. The first-order chi connectivity index (χ1) is 9.22. The fourth-order valence-electron chi connectivity index (χ4n) is 3.42. The number of hydrogen-bond donors (Lipinski definition) is 0. The molecule has 3 unspecified atom stereocenters. The summed E-state index contributed by atoms with van der Waals surface area (Å²) in [6, 6.07) is 9.26. The molecule has 19 heavy (non-hydrogen) atoms. The summed E-state index contributed by atoms with van der Waals surface area (Å²) < 4.78 is 0. The van der Waals surface area contributed by atoms with Crippen LogP contribution in [0.5, 0.6) is 0 Å². The second kappa shape index (κ2) is 7.47. The van der Waals surface area contributed by atoms with Crippen molar-refractivity contribution in [3.05, 3.63) is 35.4 Å². The molecule has 106 valence electrons. The lowest BCUT2D eigenvalue weighted by Crippen LogP contribution is -2.26. The van der Waals surface area contributed by atoms with Gasteiger partial charge in [0.1, 0.15) is 0 Å². The smallest absolute Gasteiger partial charge is 0.0177 e. The summed E-state index contributed by atoms with van der Waals surface area (Å²) in [5.74, 6) is 1.80. The quantitative estimate of drug-likeness (QED) is 0.603. The Bertz CT molecular complexity index is 368. The molecule has 0 aliphatic heterocycles. The molecule has 0 heterocycles. The van der Waals surface area contributed by atoms with Gasteiger partial charge in [0.25, 0.3) is 0 Å². The van der Waals surface area contributed by atoms with Gasteiger partial charge in [-0.1, -0.05) is 66.9 Å². The molecule has 0 aromatic heterocycles. The first-order valence-electron chi connectivity index (χ1n) is 7.94. The van der Waals surface area contributed by atoms with Crippen LogP contribution in [0.4, 0.5) is 0 Å². The molecule has 1 aromatic rings. The van der Waals surface area contributed by atoms with Gasteiger partial charge in [-0.25, -0.2) is 0 Å². The van der Waals surface area contributed by atoms with Crippen molar-refractivity contribution in [3.63, 3.8) is 0 Å². The van der Waals surface area contributed by atoms with E-state index in [-0.39, 0.29) is 0 Å². The lowest BCUT2D eigenvalue weighted by atomic mass is 9.77. The van der Waals surface area contributed by atoms with Crippen molar-refractivity contribution >= 4 is 15.9 Å². The third-order valence-electron chi connectivity index (χ3n) is 4.62. The topological polar surface area (TPSA) is 0 Å². The lowest BCUT2D eigenvalue weighted by molar-refractivity contribution is 0.263. The van der Waals surface area contributed by atoms with Crippen LogP contribution < -0.4 is 0 Å². The van der Waals surface area contributed by atoms with E-state index in [1.165, 1.54) is 49.7 Å².